The van der Waals surface area contributed by atoms with E-state index in [0.717, 1.165) is 11.1 Å². The first kappa shape index (κ1) is 25.2. The van der Waals surface area contributed by atoms with Crippen LogP contribution in [0.2, 0.25) is 0 Å². The van der Waals surface area contributed by atoms with Gasteiger partial charge in [0.05, 0.1) is 0 Å². The summed E-state index contributed by atoms with van der Waals surface area (Å²) < 4.78 is 14.5. The third-order valence-corrected chi connectivity index (χ3v) is 5.93. The molecule has 0 aliphatic rings. The molecule has 0 aliphatic carbocycles. The number of benzene rings is 3. The van der Waals surface area contributed by atoms with Crippen LogP contribution in [-0.2, 0) is 16.1 Å². The van der Waals surface area contributed by atoms with E-state index in [1.807, 2.05) is 74.5 Å². The summed E-state index contributed by atoms with van der Waals surface area (Å²) in [5.74, 6) is -0.725. The topological polar surface area (TPSA) is 49.4 Å². The average molecular weight is 461 g/mol. The summed E-state index contributed by atoms with van der Waals surface area (Å²) in [4.78, 5) is 28.1. The first-order chi connectivity index (χ1) is 16.4. The van der Waals surface area contributed by atoms with Crippen LogP contribution in [0.3, 0.4) is 0 Å². The van der Waals surface area contributed by atoms with Crippen molar-refractivity contribution in [3.63, 3.8) is 0 Å². The molecule has 1 N–H and O–H groups in total. The second kappa shape index (κ2) is 12.1. The molecular formula is C29H33FN2O2. The van der Waals surface area contributed by atoms with Gasteiger partial charge in [0.15, 0.2) is 0 Å². The summed E-state index contributed by atoms with van der Waals surface area (Å²) in [6.07, 6.45) is 0.171. The van der Waals surface area contributed by atoms with Crippen molar-refractivity contribution < 1.29 is 14.0 Å². The van der Waals surface area contributed by atoms with E-state index in [-0.39, 0.29) is 36.6 Å². The van der Waals surface area contributed by atoms with Crippen LogP contribution in [0.25, 0.3) is 0 Å². The molecule has 0 heterocycles. The average Bonchev–Trinajstić information content (AvgIpc) is 2.85. The number of amides is 2. The molecule has 34 heavy (non-hydrogen) atoms. The van der Waals surface area contributed by atoms with Gasteiger partial charge in [-0.25, -0.2) is 4.39 Å². The van der Waals surface area contributed by atoms with E-state index in [9.17, 15) is 14.0 Å². The quantitative estimate of drug-likeness (QED) is 0.432. The molecule has 3 aromatic carbocycles. The molecule has 0 bridgehead atoms. The summed E-state index contributed by atoms with van der Waals surface area (Å²) in [6.45, 7) is 6.27. The van der Waals surface area contributed by atoms with Gasteiger partial charge in [0, 0.05) is 31.0 Å². The van der Waals surface area contributed by atoms with Gasteiger partial charge in [-0.3, -0.25) is 9.59 Å². The Morgan fingerprint density at radius 2 is 1.35 bits per heavy atom. The molecule has 0 aromatic heterocycles. The highest BCUT2D eigenvalue weighted by Crippen LogP contribution is 2.29. The number of halogens is 1. The maximum atomic E-state index is 14.5. The number of carbonyl (C=O) groups is 2. The molecule has 5 heteroatoms. The highest BCUT2D eigenvalue weighted by Gasteiger charge is 2.29. The van der Waals surface area contributed by atoms with Gasteiger partial charge in [-0.1, -0.05) is 92.7 Å². The molecule has 178 valence electrons. The van der Waals surface area contributed by atoms with Gasteiger partial charge in [0.1, 0.15) is 11.9 Å². The van der Waals surface area contributed by atoms with Crippen molar-refractivity contribution >= 4 is 11.8 Å². The first-order valence-electron chi connectivity index (χ1n) is 11.8. The van der Waals surface area contributed by atoms with Crippen molar-refractivity contribution in [2.24, 2.45) is 5.92 Å². The Morgan fingerprint density at radius 1 is 0.824 bits per heavy atom. The zero-order valence-electron chi connectivity index (χ0n) is 20.1. The van der Waals surface area contributed by atoms with Crippen LogP contribution in [0.1, 0.15) is 49.8 Å². The van der Waals surface area contributed by atoms with Crippen LogP contribution in [0, 0.1) is 11.7 Å². The normalized spacial score (nSPS) is 11.9. The summed E-state index contributed by atoms with van der Waals surface area (Å²) in [5, 5.41) is 2.91. The number of nitrogens with one attached hydrogen (secondary N) is 1. The van der Waals surface area contributed by atoms with E-state index in [4.69, 9.17) is 0 Å². The molecule has 3 aromatic rings. The third-order valence-electron chi connectivity index (χ3n) is 5.93. The van der Waals surface area contributed by atoms with Crippen LogP contribution in [0.5, 0.6) is 0 Å². The maximum absolute atomic E-state index is 14.5. The van der Waals surface area contributed by atoms with E-state index >= 15 is 0 Å². The van der Waals surface area contributed by atoms with Crippen molar-refractivity contribution in [1.29, 1.82) is 0 Å². The van der Waals surface area contributed by atoms with E-state index in [2.05, 4.69) is 5.32 Å². The molecule has 0 saturated carbocycles. The molecule has 0 fully saturated rings. The van der Waals surface area contributed by atoms with E-state index < -0.39 is 11.9 Å². The third kappa shape index (κ3) is 6.77. The molecule has 0 saturated heterocycles. The highest BCUT2D eigenvalue weighted by molar-refractivity contribution is 5.87. The van der Waals surface area contributed by atoms with Crippen molar-refractivity contribution in [3.05, 3.63) is 107 Å². The Labute approximate surface area is 201 Å². The second-order valence-corrected chi connectivity index (χ2v) is 9.01. The second-order valence-electron chi connectivity index (χ2n) is 9.01. The van der Waals surface area contributed by atoms with Gasteiger partial charge in [0.2, 0.25) is 11.8 Å². The minimum Gasteiger partial charge on any atom is -0.354 e. The fourth-order valence-electron chi connectivity index (χ4n) is 3.94. The lowest BCUT2D eigenvalue weighted by molar-refractivity contribution is -0.140. The fraction of sp³-hybridized carbons (Fsp3) is 0.310. The Balaban J connectivity index is 1.90. The van der Waals surface area contributed by atoms with Crippen LogP contribution in [0.4, 0.5) is 4.39 Å². The Hall–Kier alpha value is -3.47. The van der Waals surface area contributed by atoms with Gasteiger partial charge in [-0.05, 0) is 30.0 Å². The smallest absolute Gasteiger partial charge is 0.242 e. The van der Waals surface area contributed by atoms with E-state index in [1.165, 1.54) is 11.0 Å². The first-order valence-corrected chi connectivity index (χ1v) is 11.8. The zero-order valence-corrected chi connectivity index (χ0v) is 20.1. The Morgan fingerprint density at radius 3 is 1.88 bits per heavy atom. The summed E-state index contributed by atoms with van der Waals surface area (Å²) >= 11 is 0. The van der Waals surface area contributed by atoms with Crippen LogP contribution in [-0.4, -0.2) is 29.3 Å². The van der Waals surface area contributed by atoms with Crippen molar-refractivity contribution in [3.8, 4) is 0 Å². The monoisotopic (exact) mass is 460 g/mol. The number of hydrogen-bond donors (Lipinski definition) is 1. The zero-order chi connectivity index (χ0) is 24.5. The summed E-state index contributed by atoms with van der Waals surface area (Å²) in [7, 11) is 0. The summed E-state index contributed by atoms with van der Waals surface area (Å²) in [6, 6.07) is 25.4. The lowest BCUT2D eigenvalue weighted by Gasteiger charge is -2.31. The molecular weight excluding hydrogens is 427 g/mol. The van der Waals surface area contributed by atoms with E-state index in [0.29, 0.717) is 12.1 Å². The van der Waals surface area contributed by atoms with Crippen molar-refractivity contribution in [1.82, 2.24) is 10.2 Å². The molecule has 0 aliphatic heterocycles. The number of nitrogens with zero attached hydrogens (tertiary/aromatic N) is 1. The van der Waals surface area contributed by atoms with Gasteiger partial charge < -0.3 is 10.2 Å². The predicted octanol–water partition coefficient (Wildman–Crippen LogP) is 5.54. The predicted molar refractivity (Wildman–Crippen MR) is 134 cm³/mol. The maximum Gasteiger partial charge on any atom is 0.242 e. The molecule has 2 amide bonds. The van der Waals surface area contributed by atoms with Crippen LogP contribution in [0.15, 0.2) is 84.9 Å². The molecule has 1 unspecified atom stereocenters. The minimum absolute atomic E-state index is 0.0259. The SMILES string of the molecule is CC(C)CNC(=O)C(C)N(Cc1ccccc1F)C(=O)CC(c1ccccc1)c1ccccc1. The number of hydrogen-bond acceptors (Lipinski definition) is 2. The lowest BCUT2D eigenvalue weighted by Crippen LogP contribution is -2.48. The fourth-order valence-corrected chi connectivity index (χ4v) is 3.94. The van der Waals surface area contributed by atoms with Gasteiger partial charge in [-0.15, -0.1) is 0 Å². The minimum atomic E-state index is -0.738. The molecule has 1 atom stereocenters. The Bertz CT molecular complexity index is 1030. The summed E-state index contributed by atoms with van der Waals surface area (Å²) in [5.41, 5.74) is 2.42. The molecule has 0 radical (unpaired) electrons. The molecule has 0 spiro atoms. The molecule has 4 nitrogen and oxygen atoms in total. The highest BCUT2D eigenvalue weighted by atomic mass is 19.1. The van der Waals surface area contributed by atoms with Crippen LogP contribution < -0.4 is 5.32 Å². The van der Waals surface area contributed by atoms with Crippen LogP contribution >= 0.6 is 0 Å². The van der Waals surface area contributed by atoms with E-state index in [1.54, 1.807) is 25.1 Å². The molecule has 3 rings (SSSR count). The van der Waals surface area contributed by atoms with Crippen molar-refractivity contribution in [2.45, 2.75) is 45.7 Å². The van der Waals surface area contributed by atoms with Crippen molar-refractivity contribution in [2.75, 3.05) is 6.54 Å². The largest absolute Gasteiger partial charge is 0.354 e. The van der Waals surface area contributed by atoms with Gasteiger partial charge in [-0.2, -0.15) is 0 Å². The Kier molecular flexibility index (Phi) is 8.97. The standard InChI is InChI=1S/C29H33FN2O2/c1-21(2)19-31-29(34)22(3)32(20-25-16-10-11-17-27(25)30)28(33)18-26(23-12-6-4-7-13-23)24-14-8-5-9-15-24/h4-17,21-22,26H,18-20H2,1-3H3,(H,31,34). The van der Waals surface area contributed by atoms with Gasteiger partial charge in [0.25, 0.3) is 0 Å². The number of rotatable bonds is 10. The van der Waals surface area contributed by atoms with Gasteiger partial charge >= 0.3 is 0 Å². The number of carbonyl (C=O) groups excluding carboxylic acids is 2. The lowest BCUT2D eigenvalue weighted by atomic mass is 9.88.